The molecule has 0 bridgehead atoms. The Kier molecular flexibility index (Phi) is 6.33. The van der Waals surface area contributed by atoms with Crippen molar-refractivity contribution >= 4 is 22.8 Å². The van der Waals surface area contributed by atoms with Crippen molar-refractivity contribution in [2.45, 2.75) is 6.42 Å². The first-order chi connectivity index (χ1) is 14.5. The van der Waals surface area contributed by atoms with E-state index in [1.807, 2.05) is 54.6 Å². The van der Waals surface area contributed by atoms with Gasteiger partial charge in [-0.2, -0.15) is 5.10 Å². The SMILES string of the molecule is COc1ccc(C/C(=N/Nc2ccc([N+](=O)[O-])cc2[N+](=O)[O-])c2ccccc2)cc1. The number of hydrazone groups is 1. The number of nitrogens with one attached hydrogen (secondary N) is 1. The molecule has 3 aromatic rings. The number of benzene rings is 3. The number of hydrogen-bond donors (Lipinski definition) is 1. The van der Waals surface area contributed by atoms with Gasteiger partial charge in [-0.05, 0) is 29.3 Å². The fourth-order valence-corrected chi connectivity index (χ4v) is 2.78. The Morgan fingerprint density at radius 3 is 2.27 bits per heavy atom. The van der Waals surface area contributed by atoms with Crippen LogP contribution in [0, 0.1) is 20.2 Å². The molecule has 0 spiro atoms. The standard InChI is InChI=1S/C21H18N4O5/c1-30-18-10-7-15(8-11-18)13-20(16-5-3-2-4-6-16)23-22-19-12-9-17(24(26)27)14-21(19)25(28)29/h2-12,14,22H,13H2,1H3/b23-20-. The normalized spacial score (nSPS) is 11.0. The second-order valence-corrected chi connectivity index (χ2v) is 6.28. The van der Waals surface area contributed by atoms with Crippen molar-refractivity contribution in [2.24, 2.45) is 5.10 Å². The summed E-state index contributed by atoms with van der Waals surface area (Å²) in [5.41, 5.74) is 4.43. The number of hydrogen-bond acceptors (Lipinski definition) is 7. The van der Waals surface area contributed by atoms with E-state index in [-0.39, 0.29) is 11.4 Å². The molecule has 0 aliphatic rings. The topological polar surface area (TPSA) is 120 Å². The van der Waals surface area contributed by atoms with E-state index in [1.54, 1.807) is 7.11 Å². The largest absolute Gasteiger partial charge is 0.497 e. The van der Waals surface area contributed by atoms with E-state index < -0.39 is 15.5 Å². The van der Waals surface area contributed by atoms with Crippen LogP contribution in [0.2, 0.25) is 0 Å². The second kappa shape index (κ2) is 9.28. The molecule has 0 radical (unpaired) electrons. The molecule has 3 aromatic carbocycles. The Morgan fingerprint density at radius 2 is 1.67 bits per heavy atom. The molecule has 0 atom stereocenters. The Hall–Kier alpha value is -4.27. The second-order valence-electron chi connectivity index (χ2n) is 6.28. The van der Waals surface area contributed by atoms with Gasteiger partial charge in [-0.15, -0.1) is 0 Å². The van der Waals surface area contributed by atoms with E-state index in [1.165, 1.54) is 12.1 Å². The minimum atomic E-state index is -0.684. The number of nitro benzene ring substituents is 2. The van der Waals surface area contributed by atoms with Crippen LogP contribution in [0.15, 0.2) is 77.9 Å². The summed E-state index contributed by atoms with van der Waals surface area (Å²) < 4.78 is 5.17. The van der Waals surface area contributed by atoms with Crippen molar-refractivity contribution in [2.75, 3.05) is 12.5 Å². The highest BCUT2D eigenvalue weighted by molar-refractivity contribution is 6.02. The van der Waals surface area contributed by atoms with Crippen LogP contribution in [0.1, 0.15) is 11.1 Å². The van der Waals surface area contributed by atoms with E-state index in [9.17, 15) is 20.2 Å². The summed E-state index contributed by atoms with van der Waals surface area (Å²) in [5.74, 6) is 0.733. The molecule has 152 valence electrons. The minimum absolute atomic E-state index is 0.0637. The van der Waals surface area contributed by atoms with Crippen LogP contribution in [0.4, 0.5) is 17.1 Å². The van der Waals surface area contributed by atoms with Crippen LogP contribution in [0.5, 0.6) is 5.75 Å². The third-order valence-electron chi connectivity index (χ3n) is 4.34. The predicted octanol–water partition coefficient (Wildman–Crippen LogP) is 4.57. The number of rotatable bonds is 8. The third-order valence-corrected chi connectivity index (χ3v) is 4.34. The van der Waals surface area contributed by atoms with Gasteiger partial charge < -0.3 is 4.74 Å². The molecule has 0 aliphatic carbocycles. The average Bonchev–Trinajstić information content (AvgIpc) is 2.77. The molecule has 0 saturated carbocycles. The van der Waals surface area contributed by atoms with E-state index in [2.05, 4.69) is 10.5 Å². The number of nitrogens with zero attached hydrogens (tertiary/aromatic N) is 3. The van der Waals surface area contributed by atoms with E-state index in [4.69, 9.17) is 4.74 Å². The van der Waals surface area contributed by atoms with Gasteiger partial charge in [-0.3, -0.25) is 25.7 Å². The smallest absolute Gasteiger partial charge is 0.301 e. The number of non-ortho nitro benzene ring substituents is 1. The van der Waals surface area contributed by atoms with Crippen LogP contribution in [-0.2, 0) is 6.42 Å². The van der Waals surface area contributed by atoms with Crippen molar-refractivity contribution in [1.82, 2.24) is 0 Å². The van der Waals surface area contributed by atoms with Gasteiger partial charge in [0.05, 0.1) is 28.7 Å². The molecule has 0 aromatic heterocycles. The Bertz CT molecular complexity index is 1080. The van der Waals surface area contributed by atoms with Gasteiger partial charge in [0.1, 0.15) is 11.4 Å². The first-order valence-electron chi connectivity index (χ1n) is 8.91. The van der Waals surface area contributed by atoms with Crippen LogP contribution >= 0.6 is 0 Å². The van der Waals surface area contributed by atoms with Crippen molar-refractivity contribution in [1.29, 1.82) is 0 Å². The molecule has 0 fully saturated rings. The molecule has 0 amide bonds. The molecule has 0 saturated heterocycles. The van der Waals surface area contributed by atoms with Crippen LogP contribution in [-0.4, -0.2) is 22.7 Å². The van der Waals surface area contributed by atoms with Gasteiger partial charge in [0.15, 0.2) is 0 Å². The fraction of sp³-hybridized carbons (Fsp3) is 0.0952. The first-order valence-corrected chi connectivity index (χ1v) is 8.91. The molecule has 1 N–H and O–H groups in total. The van der Waals surface area contributed by atoms with E-state index >= 15 is 0 Å². The molecule has 9 nitrogen and oxygen atoms in total. The van der Waals surface area contributed by atoms with Crippen LogP contribution in [0.25, 0.3) is 0 Å². The maximum Gasteiger partial charge on any atom is 0.301 e. The summed E-state index contributed by atoms with van der Waals surface area (Å²) >= 11 is 0. The highest BCUT2D eigenvalue weighted by Crippen LogP contribution is 2.29. The molecule has 0 aliphatic heterocycles. The lowest BCUT2D eigenvalue weighted by Gasteiger charge is -2.09. The molecule has 3 rings (SSSR count). The number of nitro groups is 2. The zero-order valence-corrected chi connectivity index (χ0v) is 16.0. The maximum absolute atomic E-state index is 11.3. The fourth-order valence-electron chi connectivity index (χ4n) is 2.78. The van der Waals surface area contributed by atoms with Gasteiger partial charge in [-0.25, -0.2) is 0 Å². The summed E-state index contributed by atoms with van der Waals surface area (Å²) in [7, 11) is 1.59. The molecular formula is C21H18N4O5. The quantitative estimate of drug-likeness (QED) is 0.332. The molecule has 9 heteroatoms. The average molecular weight is 406 g/mol. The highest BCUT2D eigenvalue weighted by Gasteiger charge is 2.19. The highest BCUT2D eigenvalue weighted by atomic mass is 16.6. The van der Waals surface area contributed by atoms with Crippen molar-refractivity contribution in [3.8, 4) is 5.75 Å². The van der Waals surface area contributed by atoms with Crippen LogP contribution in [0.3, 0.4) is 0 Å². The maximum atomic E-state index is 11.3. The molecule has 30 heavy (non-hydrogen) atoms. The first kappa shape index (κ1) is 20.5. The monoisotopic (exact) mass is 406 g/mol. The van der Waals surface area contributed by atoms with E-state index in [0.29, 0.717) is 12.1 Å². The summed E-state index contributed by atoms with van der Waals surface area (Å²) in [4.78, 5) is 20.9. The summed E-state index contributed by atoms with van der Waals surface area (Å²) in [6.45, 7) is 0. The Labute approximate surface area is 171 Å². The van der Waals surface area contributed by atoms with E-state index in [0.717, 1.165) is 22.9 Å². The summed E-state index contributed by atoms with van der Waals surface area (Å²) in [6, 6.07) is 20.2. The number of ether oxygens (including phenoxy) is 1. The van der Waals surface area contributed by atoms with Crippen molar-refractivity contribution in [3.63, 3.8) is 0 Å². The predicted molar refractivity (Wildman–Crippen MR) is 113 cm³/mol. The Morgan fingerprint density at radius 1 is 0.967 bits per heavy atom. The lowest BCUT2D eigenvalue weighted by Crippen LogP contribution is -2.09. The van der Waals surface area contributed by atoms with Gasteiger partial charge in [0.25, 0.3) is 5.69 Å². The lowest BCUT2D eigenvalue weighted by molar-refractivity contribution is -0.393. The Balaban J connectivity index is 1.94. The van der Waals surface area contributed by atoms with Gasteiger partial charge in [0, 0.05) is 12.5 Å². The van der Waals surface area contributed by atoms with Crippen molar-refractivity contribution in [3.05, 3.63) is 104 Å². The minimum Gasteiger partial charge on any atom is -0.497 e. The van der Waals surface area contributed by atoms with Crippen molar-refractivity contribution < 1.29 is 14.6 Å². The lowest BCUT2D eigenvalue weighted by atomic mass is 10.0. The summed E-state index contributed by atoms with van der Waals surface area (Å²) in [6.07, 6.45) is 0.460. The zero-order chi connectivity index (χ0) is 21.5. The zero-order valence-electron chi connectivity index (χ0n) is 16.0. The number of anilines is 1. The molecule has 0 heterocycles. The summed E-state index contributed by atoms with van der Waals surface area (Å²) in [5, 5.41) is 26.6. The van der Waals surface area contributed by atoms with Gasteiger partial charge >= 0.3 is 5.69 Å². The van der Waals surface area contributed by atoms with Gasteiger partial charge in [-0.1, -0.05) is 42.5 Å². The number of methoxy groups -OCH3 is 1. The van der Waals surface area contributed by atoms with Crippen LogP contribution < -0.4 is 10.2 Å². The van der Waals surface area contributed by atoms with Gasteiger partial charge in [0.2, 0.25) is 0 Å². The molecular weight excluding hydrogens is 388 g/mol. The third kappa shape index (κ3) is 4.96. The molecule has 0 unspecified atom stereocenters.